The predicted octanol–water partition coefficient (Wildman–Crippen LogP) is 4.60. The number of rotatable bonds is 9. The van der Waals surface area contributed by atoms with Gasteiger partial charge in [0, 0.05) is 38.3 Å². The Morgan fingerprint density at radius 2 is 1.60 bits per heavy atom. The van der Waals surface area contributed by atoms with Crippen molar-refractivity contribution in [1.82, 2.24) is 9.21 Å². The molecule has 4 rings (SSSR count). The Labute approximate surface area is 278 Å². The molecule has 11 nitrogen and oxygen atoms in total. The minimum absolute atomic E-state index is 0.0510. The van der Waals surface area contributed by atoms with Crippen LogP contribution in [0.25, 0.3) is 0 Å². The number of nitrogens with one attached hydrogen (secondary N) is 1. The van der Waals surface area contributed by atoms with Crippen LogP contribution in [0.15, 0.2) is 88.7 Å². The Morgan fingerprint density at radius 3 is 2.23 bits per heavy atom. The van der Waals surface area contributed by atoms with E-state index in [-0.39, 0.29) is 52.8 Å². The standard InChI is InChI=1S/C34H45N3O8S2/c1-25-22-37(26(2)24-38)34(39)31-21-28(35-46(40,41)29-14-7-5-8-15-29)18-19-32(31)45-27(3)13-11-12-20-44-33(25)23-36(4)47(42,43)30-16-9-6-10-17-30/h5-10,14-19,21,25-27,33,35,38H,11-13,20,22-24H2,1-4H3/t25-,26-,27-,33-/m1/s1. The molecule has 0 spiro atoms. The third kappa shape index (κ3) is 9.32. The topological polar surface area (TPSA) is 143 Å². The zero-order chi connectivity index (χ0) is 34.2. The number of nitrogens with zero attached hydrogens (tertiary/aromatic N) is 2. The van der Waals surface area contributed by atoms with Crippen LogP contribution in [-0.4, -0.2) is 88.7 Å². The molecule has 0 saturated heterocycles. The van der Waals surface area contributed by atoms with Gasteiger partial charge in [-0.2, -0.15) is 4.31 Å². The first-order chi connectivity index (χ1) is 22.3. The Bertz CT molecular complexity index is 1690. The van der Waals surface area contributed by atoms with Gasteiger partial charge in [-0.05, 0) is 75.6 Å². The number of likely N-dealkylation sites (N-methyl/N-ethyl adjacent to an activating group) is 1. The number of hydrogen-bond acceptors (Lipinski definition) is 8. The van der Waals surface area contributed by atoms with Crippen molar-refractivity contribution >= 4 is 31.6 Å². The van der Waals surface area contributed by atoms with Crippen molar-refractivity contribution in [2.75, 3.05) is 38.1 Å². The number of benzene rings is 3. The zero-order valence-electron chi connectivity index (χ0n) is 27.3. The van der Waals surface area contributed by atoms with Gasteiger partial charge in [-0.25, -0.2) is 16.8 Å². The quantitative estimate of drug-likeness (QED) is 0.333. The summed E-state index contributed by atoms with van der Waals surface area (Å²) in [5, 5.41) is 10.2. The molecule has 3 aromatic rings. The molecule has 0 radical (unpaired) electrons. The van der Waals surface area contributed by atoms with Crippen LogP contribution in [0.2, 0.25) is 0 Å². The monoisotopic (exact) mass is 687 g/mol. The SMILES string of the molecule is C[C@@H]1CCCCO[C@H](CN(C)S(=O)(=O)c2ccccc2)[C@H](C)CN([C@H](C)CO)C(=O)c2cc(NS(=O)(=O)c3ccccc3)ccc2O1. The lowest BCUT2D eigenvalue weighted by Gasteiger charge is -2.35. The van der Waals surface area contributed by atoms with Gasteiger partial charge in [-0.3, -0.25) is 9.52 Å². The van der Waals surface area contributed by atoms with Gasteiger partial charge in [0.25, 0.3) is 15.9 Å². The van der Waals surface area contributed by atoms with Gasteiger partial charge in [0.1, 0.15) is 5.75 Å². The first-order valence-corrected chi connectivity index (χ1v) is 18.7. The summed E-state index contributed by atoms with van der Waals surface area (Å²) in [5.74, 6) is -0.527. The van der Waals surface area contributed by atoms with Crippen molar-refractivity contribution in [1.29, 1.82) is 0 Å². The maximum absolute atomic E-state index is 14.3. The molecular weight excluding hydrogens is 643 g/mol. The third-order valence-corrected chi connectivity index (χ3v) is 11.5. The van der Waals surface area contributed by atoms with Crippen molar-refractivity contribution in [3.63, 3.8) is 0 Å². The van der Waals surface area contributed by atoms with Gasteiger partial charge in [-0.1, -0.05) is 43.3 Å². The van der Waals surface area contributed by atoms with E-state index in [1.807, 2.05) is 13.8 Å². The van der Waals surface area contributed by atoms with Crippen molar-refractivity contribution in [2.45, 2.75) is 68.1 Å². The van der Waals surface area contributed by atoms with E-state index in [1.165, 1.54) is 34.5 Å². The van der Waals surface area contributed by atoms with E-state index in [2.05, 4.69) is 4.72 Å². The summed E-state index contributed by atoms with van der Waals surface area (Å²) in [7, 11) is -6.22. The van der Waals surface area contributed by atoms with E-state index in [0.29, 0.717) is 18.8 Å². The van der Waals surface area contributed by atoms with Crippen LogP contribution in [0, 0.1) is 5.92 Å². The van der Waals surface area contributed by atoms with Gasteiger partial charge in [-0.15, -0.1) is 0 Å². The summed E-state index contributed by atoms with van der Waals surface area (Å²) in [4.78, 5) is 16.1. The van der Waals surface area contributed by atoms with Crippen LogP contribution in [0.1, 0.15) is 50.4 Å². The minimum Gasteiger partial charge on any atom is -0.490 e. The molecule has 1 heterocycles. The number of amides is 1. The summed E-state index contributed by atoms with van der Waals surface area (Å²) < 4.78 is 69.2. The number of ether oxygens (including phenoxy) is 2. The van der Waals surface area contributed by atoms with E-state index in [4.69, 9.17) is 9.47 Å². The molecule has 0 saturated carbocycles. The fraction of sp³-hybridized carbons (Fsp3) is 0.441. The second-order valence-electron chi connectivity index (χ2n) is 12.0. The lowest BCUT2D eigenvalue weighted by Crippen LogP contribution is -2.48. The van der Waals surface area contributed by atoms with Gasteiger partial charge in [0.2, 0.25) is 10.0 Å². The van der Waals surface area contributed by atoms with E-state index < -0.39 is 38.1 Å². The number of hydrogen-bond donors (Lipinski definition) is 2. The number of carbonyl (C=O) groups is 1. The third-order valence-electron chi connectivity index (χ3n) is 8.25. The fourth-order valence-electron chi connectivity index (χ4n) is 5.39. The van der Waals surface area contributed by atoms with Crippen LogP contribution in [-0.2, 0) is 24.8 Å². The highest BCUT2D eigenvalue weighted by Crippen LogP contribution is 2.30. The molecule has 2 N–H and O–H groups in total. The van der Waals surface area contributed by atoms with Gasteiger partial charge in [0.15, 0.2) is 0 Å². The molecule has 4 atom stereocenters. The number of aliphatic hydroxyl groups is 1. The van der Waals surface area contributed by atoms with Gasteiger partial charge < -0.3 is 19.5 Å². The normalized spacial score (nSPS) is 20.9. The molecule has 1 amide bonds. The summed E-state index contributed by atoms with van der Waals surface area (Å²) in [5.41, 5.74) is 0.313. The molecule has 0 aliphatic carbocycles. The summed E-state index contributed by atoms with van der Waals surface area (Å²) >= 11 is 0. The van der Waals surface area contributed by atoms with Crippen molar-refractivity contribution in [2.24, 2.45) is 5.92 Å². The second kappa shape index (κ2) is 16.1. The Morgan fingerprint density at radius 1 is 0.957 bits per heavy atom. The maximum Gasteiger partial charge on any atom is 0.261 e. The first kappa shape index (κ1) is 36.3. The highest BCUT2D eigenvalue weighted by atomic mass is 32.2. The first-order valence-electron chi connectivity index (χ1n) is 15.8. The summed E-state index contributed by atoms with van der Waals surface area (Å²) in [6.45, 7) is 5.73. The fourth-order valence-corrected chi connectivity index (χ4v) is 7.66. The van der Waals surface area contributed by atoms with Crippen LogP contribution in [0.3, 0.4) is 0 Å². The molecule has 256 valence electrons. The van der Waals surface area contributed by atoms with Crippen LogP contribution < -0.4 is 9.46 Å². The van der Waals surface area contributed by atoms with Crippen LogP contribution in [0.5, 0.6) is 5.75 Å². The molecule has 47 heavy (non-hydrogen) atoms. The van der Waals surface area contributed by atoms with Crippen LogP contribution >= 0.6 is 0 Å². The van der Waals surface area contributed by atoms with Crippen molar-refractivity contribution in [3.8, 4) is 5.75 Å². The molecule has 1 aliphatic rings. The number of aliphatic hydroxyl groups excluding tert-OH is 1. The highest BCUT2D eigenvalue weighted by molar-refractivity contribution is 7.92. The molecule has 1 aliphatic heterocycles. The summed E-state index contributed by atoms with van der Waals surface area (Å²) in [6.07, 6.45) is 1.32. The predicted molar refractivity (Wildman–Crippen MR) is 180 cm³/mol. The van der Waals surface area contributed by atoms with Gasteiger partial charge in [0.05, 0.1) is 40.2 Å². The van der Waals surface area contributed by atoms with Gasteiger partial charge >= 0.3 is 0 Å². The average molecular weight is 688 g/mol. The van der Waals surface area contributed by atoms with E-state index in [1.54, 1.807) is 67.6 Å². The highest BCUT2D eigenvalue weighted by Gasteiger charge is 2.32. The smallest absolute Gasteiger partial charge is 0.261 e. The number of sulfonamides is 2. The molecular formula is C34H45N3O8S2. The second-order valence-corrected chi connectivity index (χ2v) is 15.8. The molecule has 0 aromatic heterocycles. The van der Waals surface area contributed by atoms with Crippen LogP contribution in [0.4, 0.5) is 5.69 Å². The average Bonchev–Trinajstić information content (AvgIpc) is 3.06. The molecule has 3 aromatic carbocycles. The number of anilines is 1. The van der Waals surface area contributed by atoms with E-state index >= 15 is 0 Å². The van der Waals surface area contributed by atoms with Crippen molar-refractivity contribution in [3.05, 3.63) is 84.4 Å². The zero-order valence-corrected chi connectivity index (χ0v) is 28.9. The van der Waals surface area contributed by atoms with Crippen molar-refractivity contribution < 1.29 is 36.2 Å². The molecule has 0 unspecified atom stereocenters. The van der Waals surface area contributed by atoms with E-state index in [0.717, 1.165) is 12.8 Å². The Hall–Kier alpha value is -3.49. The minimum atomic E-state index is -3.94. The van der Waals surface area contributed by atoms with E-state index in [9.17, 15) is 26.7 Å². The lowest BCUT2D eigenvalue weighted by atomic mass is 10.0. The Balaban J connectivity index is 1.68. The number of fused-ring (bicyclic) bond motifs is 1. The molecule has 0 fully saturated rings. The molecule has 13 heteroatoms. The summed E-state index contributed by atoms with van der Waals surface area (Å²) in [6, 6.07) is 20.1. The maximum atomic E-state index is 14.3. The number of carbonyl (C=O) groups excluding carboxylic acids is 1. The molecule has 0 bridgehead atoms. The lowest BCUT2D eigenvalue weighted by molar-refractivity contribution is -0.00833. The Kier molecular flexibility index (Phi) is 12.4. The largest absolute Gasteiger partial charge is 0.490 e.